The summed E-state index contributed by atoms with van der Waals surface area (Å²) in [7, 11) is -2.16. The van der Waals surface area contributed by atoms with Crippen LogP contribution in [0, 0.1) is 5.92 Å². The Balaban J connectivity index is 2.41. The molecule has 2 rings (SSSR count). The van der Waals surface area contributed by atoms with Crippen LogP contribution in [-0.4, -0.2) is 74.2 Å². The summed E-state index contributed by atoms with van der Waals surface area (Å²) in [5.41, 5.74) is 0. The molecule has 1 heterocycles. The normalized spacial score (nSPS) is 22.6. The standard InChI is InChI=1S/C19H30BrN3O5S/c1-5-8-21-19(25)22(4)11-17-13(2)10-23(14(3)12-24)29(26,27)18-7-6-15(20)9-16(18)28-17/h6-7,9,13-14,17,24H,5,8,10-12H2,1-4H3,(H,21,25)/t13-,14+,17-/m0/s1. The van der Waals surface area contributed by atoms with Crippen LogP contribution in [0.25, 0.3) is 0 Å². The van der Waals surface area contributed by atoms with Crippen LogP contribution in [0.15, 0.2) is 27.6 Å². The molecule has 0 radical (unpaired) electrons. The van der Waals surface area contributed by atoms with Gasteiger partial charge in [0.2, 0.25) is 10.0 Å². The van der Waals surface area contributed by atoms with E-state index in [9.17, 15) is 18.3 Å². The third-order valence-electron chi connectivity index (χ3n) is 4.96. The zero-order chi connectivity index (χ0) is 21.8. The molecule has 0 aliphatic carbocycles. The molecule has 0 fully saturated rings. The van der Waals surface area contributed by atoms with E-state index in [0.29, 0.717) is 17.6 Å². The minimum Gasteiger partial charge on any atom is -0.487 e. The van der Waals surface area contributed by atoms with Crippen LogP contribution in [0.1, 0.15) is 27.2 Å². The molecule has 164 valence electrons. The predicted molar refractivity (Wildman–Crippen MR) is 114 cm³/mol. The fourth-order valence-corrected chi connectivity index (χ4v) is 5.30. The second-order valence-corrected chi connectivity index (χ2v) is 10.2. The van der Waals surface area contributed by atoms with Gasteiger partial charge in [0.05, 0.1) is 13.2 Å². The second kappa shape index (κ2) is 10.1. The van der Waals surface area contributed by atoms with E-state index in [1.54, 1.807) is 31.0 Å². The molecular formula is C19H30BrN3O5S. The van der Waals surface area contributed by atoms with Gasteiger partial charge in [0, 0.05) is 36.6 Å². The van der Waals surface area contributed by atoms with Gasteiger partial charge in [-0.2, -0.15) is 4.31 Å². The molecule has 2 N–H and O–H groups in total. The third kappa shape index (κ3) is 5.62. The minimum atomic E-state index is -3.85. The van der Waals surface area contributed by atoms with Gasteiger partial charge in [-0.05, 0) is 31.5 Å². The molecule has 1 aliphatic rings. The number of amides is 2. The van der Waals surface area contributed by atoms with Crippen LogP contribution in [0.3, 0.4) is 0 Å². The van der Waals surface area contributed by atoms with Crippen molar-refractivity contribution in [2.24, 2.45) is 5.92 Å². The number of fused-ring (bicyclic) bond motifs is 1. The van der Waals surface area contributed by atoms with E-state index in [1.165, 1.54) is 10.4 Å². The van der Waals surface area contributed by atoms with Crippen LogP contribution < -0.4 is 10.1 Å². The summed E-state index contributed by atoms with van der Waals surface area (Å²) in [5, 5.41) is 12.4. The number of halogens is 1. The van der Waals surface area contributed by atoms with Gasteiger partial charge in [0.1, 0.15) is 16.7 Å². The predicted octanol–water partition coefficient (Wildman–Crippen LogP) is 2.27. The van der Waals surface area contributed by atoms with Crippen molar-refractivity contribution in [3.05, 3.63) is 22.7 Å². The zero-order valence-electron chi connectivity index (χ0n) is 17.3. The zero-order valence-corrected chi connectivity index (χ0v) is 19.7. The lowest BCUT2D eigenvalue weighted by molar-refractivity contribution is 0.0812. The number of hydrogen-bond acceptors (Lipinski definition) is 5. The number of carbonyl (C=O) groups is 1. The van der Waals surface area contributed by atoms with Gasteiger partial charge in [-0.25, -0.2) is 13.2 Å². The molecule has 1 aromatic carbocycles. The lowest BCUT2D eigenvalue weighted by Gasteiger charge is -2.37. The summed E-state index contributed by atoms with van der Waals surface area (Å²) in [6.45, 7) is 6.30. The third-order valence-corrected chi connectivity index (χ3v) is 7.47. The number of sulfonamides is 1. The van der Waals surface area contributed by atoms with Crippen molar-refractivity contribution < 1.29 is 23.1 Å². The number of likely N-dealkylation sites (N-methyl/N-ethyl adjacent to an activating group) is 1. The lowest BCUT2D eigenvalue weighted by Crippen LogP contribution is -2.51. The summed E-state index contributed by atoms with van der Waals surface area (Å²) in [4.78, 5) is 13.9. The van der Waals surface area contributed by atoms with Crippen LogP contribution in [-0.2, 0) is 10.0 Å². The summed E-state index contributed by atoms with van der Waals surface area (Å²) in [6, 6.07) is 3.98. The van der Waals surface area contributed by atoms with Gasteiger partial charge < -0.3 is 20.1 Å². The maximum Gasteiger partial charge on any atom is 0.317 e. The smallest absolute Gasteiger partial charge is 0.317 e. The Bertz CT molecular complexity index is 820. The number of nitrogens with one attached hydrogen (secondary N) is 1. The Morgan fingerprint density at radius 1 is 1.48 bits per heavy atom. The Morgan fingerprint density at radius 2 is 2.17 bits per heavy atom. The highest BCUT2D eigenvalue weighted by molar-refractivity contribution is 9.10. The highest BCUT2D eigenvalue weighted by atomic mass is 79.9. The SMILES string of the molecule is CCCNC(=O)N(C)C[C@@H]1Oc2cc(Br)ccc2S(=O)(=O)N([C@H](C)CO)C[C@@H]1C. The molecule has 29 heavy (non-hydrogen) atoms. The maximum atomic E-state index is 13.2. The van der Waals surface area contributed by atoms with Gasteiger partial charge in [-0.15, -0.1) is 0 Å². The molecule has 1 aromatic rings. The summed E-state index contributed by atoms with van der Waals surface area (Å²) >= 11 is 3.37. The number of rotatable bonds is 6. The van der Waals surface area contributed by atoms with Crippen LogP contribution in [0.5, 0.6) is 5.75 Å². The summed E-state index contributed by atoms with van der Waals surface area (Å²) < 4.78 is 34.6. The number of hydrogen-bond donors (Lipinski definition) is 2. The molecule has 0 saturated heterocycles. The molecule has 0 aromatic heterocycles. The monoisotopic (exact) mass is 491 g/mol. The van der Waals surface area contributed by atoms with Crippen LogP contribution >= 0.6 is 15.9 Å². The van der Waals surface area contributed by atoms with Crippen molar-refractivity contribution in [1.82, 2.24) is 14.5 Å². The van der Waals surface area contributed by atoms with E-state index in [-0.39, 0.29) is 35.7 Å². The molecule has 2 amide bonds. The fourth-order valence-electron chi connectivity index (χ4n) is 3.14. The first-order valence-electron chi connectivity index (χ1n) is 9.69. The number of urea groups is 1. The second-order valence-electron chi connectivity index (χ2n) is 7.44. The van der Waals surface area contributed by atoms with E-state index in [4.69, 9.17) is 4.74 Å². The minimum absolute atomic E-state index is 0.0518. The van der Waals surface area contributed by atoms with Crippen LogP contribution in [0.4, 0.5) is 4.79 Å². The number of ether oxygens (including phenoxy) is 1. The van der Waals surface area contributed by atoms with Crippen LogP contribution in [0.2, 0.25) is 0 Å². The average molecular weight is 492 g/mol. The Labute approximate surface area is 181 Å². The molecular weight excluding hydrogens is 462 g/mol. The Hall–Kier alpha value is -1.36. The quantitative estimate of drug-likeness (QED) is 0.635. The number of benzene rings is 1. The number of aliphatic hydroxyl groups excluding tert-OH is 1. The molecule has 0 unspecified atom stereocenters. The van der Waals surface area contributed by atoms with Gasteiger partial charge in [-0.1, -0.05) is 29.8 Å². The topological polar surface area (TPSA) is 99.2 Å². The number of nitrogens with zero attached hydrogens (tertiary/aromatic N) is 2. The molecule has 3 atom stereocenters. The van der Waals surface area contributed by atoms with E-state index >= 15 is 0 Å². The van der Waals surface area contributed by atoms with E-state index in [1.807, 2.05) is 13.8 Å². The number of carbonyl (C=O) groups excluding carboxylic acids is 1. The molecule has 1 aliphatic heterocycles. The molecule has 10 heteroatoms. The molecule has 0 saturated carbocycles. The van der Waals surface area contributed by atoms with Crippen molar-refractivity contribution in [2.75, 3.05) is 33.3 Å². The molecule has 0 spiro atoms. The first kappa shape index (κ1) is 23.9. The van der Waals surface area contributed by atoms with Gasteiger partial charge >= 0.3 is 6.03 Å². The fraction of sp³-hybridized carbons (Fsp3) is 0.632. The van der Waals surface area contributed by atoms with Crippen molar-refractivity contribution in [3.8, 4) is 5.75 Å². The van der Waals surface area contributed by atoms with Gasteiger partial charge in [0.25, 0.3) is 0 Å². The number of aliphatic hydroxyl groups is 1. The Morgan fingerprint density at radius 3 is 2.79 bits per heavy atom. The van der Waals surface area contributed by atoms with E-state index in [0.717, 1.165) is 6.42 Å². The average Bonchev–Trinajstić information content (AvgIpc) is 2.67. The lowest BCUT2D eigenvalue weighted by atomic mass is 10.0. The summed E-state index contributed by atoms with van der Waals surface area (Å²) in [6.07, 6.45) is 0.410. The van der Waals surface area contributed by atoms with Crippen molar-refractivity contribution >= 4 is 32.0 Å². The van der Waals surface area contributed by atoms with E-state index < -0.39 is 22.2 Å². The van der Waals surface area contributed by atoms with Crippen molar-refractivity contribution in [1.29, 1.82) is 0 Å². The van der Waals surface area contributed by atoms with E-state index in [2.05, 4.69) is 21.2 Å². The Kier molecular flexibility index (Phi) is 8.33. The highest BCUT2D eigenvalue weighted by Crippen LogP contribution is 2.35. The van der Waals surface area contributed by atoms with Crippen molar-refractivity contribution in [3.63, 3.8) is 0 Å². The largest absolute Gasteiger partial charge is 0.487 e. The first-order chi connectivity index (χ1) is 13.6. The summed E-state index contributed by atoms with van der Waals surface area (Å²) in [5.74, 6) is 0.0146. The first-order valence-corrected chi connectivity index (χ1v) is 11.9. The highest BCUT2D eigenvalue weighted by Gasteiger charge is 2.38. The molecule has 0 bridgehead atoms. The maximum absolute atomic E-state index is 13.2. The molecule has 8 nitrogen and oxygen atoms in total. The van der Waals surface area contributed by atoms with Gasteiger partial charge in [0.15, 0.2) is 0 Å². The van der Waals surface area contributed by atoms with Gasteiger partial charge in [-0.3, -0.25) is 0 Å². The van der Waals surface area contributed by atoms with Crippen molar-refractivity contribution in [2.45, 2.75) is 44.2 Å².